The van der Waals surface area contributed by atoms with E-state index >= 15 is 0 Å². The van der Waals surface area contributed by atoms with Crippen LogP contribution in [0.1, 0.15) is 18.2 Å². The van der Waals surface area contributed by atoms with E-state index in [2.05, 4.69) is 6.92 Å². The fraction of sp³-hybridized carbons (Fsp3) is 0.222. The van der Waals surface area contributed by atoms with Gasteiger partial charge >= 0.3 is 0 Å². The second-order valence-corrected chi connectivity index (χ2v) is 3.06. The van der Waals surface area contributed by atoms with Crippen LogP contribution in [0.15, 0.2) is 12.1 Å². The maximum atomic E-state index is 13.1. The van der Waals surface area contributed by atoms with E-state index in [1.807, 2.05) is 0 Å². The molecule has 2 N–H and O–H groups in total. The molecular formula is C9H9ClF2N. The summed E-state index contributed by atoms with van der Waals surface area (Å²) >= 11 is 5.53. The summed E-state index contributed by atoms with van der Waals surface area (Å²) in [6.45, 7) is 3.34. The zero-order chi connectivity index (χ0) is 10.0. The average Bonchev–Trinajstić information content (AvgIpc) is 2.10. The average molecular weight is 205 g/mol. The van der Waals surface area contributed by atoms with E-state index in [9.17, 15) is 8.78 Å². The summed E-state index contributed by atoms with van der Waals surface area (Å²) in [6, 6.07) is 2.21. The maximum Gasteiger partial charge on any atom is 0.130 e. The Morgan fingerprint density at radius 3 is 2.69 bits per heavy atom. The van der Waals surface area contributed by atoms with Crippen molar-refractivity contribution in [2.45, 2.75) is 12.6 Å². The van der Waals surface area contributed by atoms with Crippen LogP contribution in [0.2, 0.25) is 5.02 Å². The van der Waals surface area contributed by atoms with Gasteiger partial charge in [-0.05, 0) is 18.6 Å². The molecule has 0 aliphatic rings. The smallest absolute Gasteiger partial charge is 0.130 e. The fourth-order valence-corrected chi connectivity index (χ4v) is 1.13. The van der Waals surface area contributed by atoms with Gasteiger partial charge in [-0.15, -0.1) is 0 Å². The summed E-state index contributed by atoms with van der Waals surface area (Å²) < 4.78 is 26.1. The topological polar surface area (TPSA) is 26.0 Å². The van der Waals surface area contributed by atoms with Crippen LogP contribution in [-0.4, -0.2) is 0 Å². The van der Waals surface area contributed by atoms with Crippen LogP contribution in [0.4, 0.5) is 14.5 Å². The van der Waals surface area contributed by atoms with Crippen LogP contribution in [0.3, 0.4) is 0 Å². The molecule has 0 bridgehead atoms. The summed E-state index contributed by atoms with van der Waals surface area (Å²) in [4.78, 5) is 0. The molecule has 0 fully saturated rings. The molecule has 13 heavy (non-hydrogen) atoms. The lowest BCUT2D eigenvalue weighted by molar-refractivity contribution is 0.335. The Morgan fingerprint density at radius 2 is 2.15 bits per heavy atom. The third kappa shape index (κ3) is 2.10. The third-order valence-corrected chi connectivity index (χ3v) is 2.03. The number of hydrogen-bond donors (Lipinski definition) is 1. The van der Waals surface area contributed by atoms with Crippen molar-refractivity contribution in [3.63, 3.8) is 0 Å². The van der Waals surface area contributed by atoms with E-state index < -0.39 is 12.0 Å². The lowest BCUT2D eigenvalue weighted by atomic mass is 10.1. The van der Waals surface area contributed by atoms with E-state index in [4.69, 9.17) is 17.3 Å². The van der Waals surface area contributed by atoms with Crippen molar-refractivity contribution in [2.75, 3.05) is 5.73 Å². The van der Waals surface area contributed by atoms with Crippen LogP contribution in [0.25, 0.3) is 0 Å². The van der Waals surface area contributed by atoms with Crippen molar-refractivity contribution in [3.05, 3.63) is 35.5 Å². The minimum Gasteiger partial charge on any atom is -0.398 e. The van der Waals surface area contributed by atoms with Crippen molar-refractivity contribution in [1.82, 2.24) is 0 Å². The Labute approximate surface area is 80.5 Å². The van der Waals surface area contributed by atoms with Gasteiger partial charge in [0.25, 0.3) is 0 Å². The predicted molar refractivity (Wildman–Crippen MR) is 49.6 cm³/mol. The first-order valence-electron chi connectivity index (χ1n) is 3.74. The standard InChI is InChI=1S/C9H9ClF2N/c1-2-7(11)5-3-9(13)6(10)4-8(5)12/h3-4,7H,1-2,13H2. The SMILES string of the molecule is [CH2]CC(F)c1cc(N)c(Cl)cc1F. The Bertz CT molecular complexity index is 315. The number of alkyl halides is 1. The highest BCUT2D eigenvalue weighted by molar-refractivity contribution is 6.33. The van der Waals surface area contributed by atoms with E-state index in [-0.39, 0.29) is 22.7 Å². The minimum absolute atomic E-state index is 0.0298. The van der Waals surface area contributed by atoms with Gasteiger partial charge in [0.05, 0.1) is 10.7 Å². The van der Waals surface area contributed by atoms with Crippen LogP contribution >= 0.6 is 11.6 Å². The molecule has 0 saturated carbocycles. The lowest BCUT2D eigenvalue weighted by Gasteiger charge is -2.08. The van der Waals surface area contributed by atoms with Gasteiger partial charge in [0, 0.05) is 5.56 Å². The minimum atomic E-state index is -1.43. The van der Waals surface area contributed by atoms with Gasteiger partial charge in [0.2, 0.25) is 0 Å². The molecular weight excluding hydrogens is 196 g/mol. The normalized spacial score (nSPS) is 12.9. The zero-order valence-corrected chi connectivity index (χ0v) is 7.61. The quantitative estimate of drug-likeness (QED) is 0.735. The largest absolute Gasteiger partial charge is 0.398 e. The molecule has 1 aromatic carbocycles. The van der Waals surface area contributed by atoms with Crippen LogP contribution < -0.4 is 5.73 Å². The molecule has 71 valence electrons. The van der Waals surface area contributed by atoms with Crippen molar-refractivity contribution >= 4 is 17.3 Å². The van der Waals surface area contributed by atoms with Crippen LogP contribution in [0.5, 0.6) is 0 Å². The summed E-state index contributed by atoms with van der Waals surface area (Å²) in [5.74, 6) is -0.685. The lowest BCUT2D eigenvalue weighted by Crippen LogP contribution is -1.97. The zero-order valence-electron chi connectivity index (χ0n) is 6.86. The molecule has 0 saturated heterocycles. The number of benzene rings is 1. The molecule has 1 atom stereocenters. The summed E-state index contributed by atoms with van der Waals surface area (Å²) in [6.07, 6.45) is -1.46. The second-order valence-electron chi connectivity index (χ2n) is 2.65. The molecule has 0 aromatic heterocycles. The monoisotopic (exact) mass is 204 g/mol. The summed E-state index contributed by atoms with van der Waals surface area (Å²) in [5.41, 5.74) is 5.49. The molecule has 0 spiro atoms. The highest BCUT2D eigenvalue weighted by Crippen LogP contribution is 2.29. The molecule has 1 radical (unpaired) electrons. The van der Waals surface area contributed by atoms with E-state index in [0.717, 1.165) is 6.07 Å². The van der Waals surface area contributed by atoms with Gasteiger partial charge in [-0.1, -0.05) is 18.5 Å². The first-order chi connectivity index (χ1) is 6.06. The number of rotatable bonds is 2. The van der Waals surface area contributed by atoms with Gasteiger partial charge in [-0.2, -0.15) is 0 Å². The Morgan fingerprint density at radius 1 is 1.54 bits per heavy atom. The van der Waals surface area contributed by atoms with E-state index in [1.165, 1.54) is 6.07 Å². The van der Waals surface area contributed by atoms with Gasteiger partial charge in [0.1, 0.15) is 12.0 Å². The van der Waals surface area contributed by atoms with Crippen molar-refractivity contribution < 1.29 is 8.78 Å². The Balaban J connectivity index is 3.15. The van der Waals surface area contributed by atoms with E-state index in [0.29, 0.717) is 0 Å². The first-order valence-corrected chi connectivity index (χ1v) is 4.11. The predicted octanol–water partition coefficient (Wildman–Crippen LogP) is 3.30. The van der Waals surface area contributed by atoms with Crippen molar-refractivity contribution in [1.29, 1.82) is 0 Å². The molecule has 1 rings (SSSR count). The van der Waals surface area contributed by atoms with Gasteiger partial charge in [-0.3, -0.25) is 0 Å². The second kappa shape index (κ2) is 3.92. The highest BCUT2D eigenvalue weighted by Gasteiger charge is 2.14. The van der Waals surface area contributed by atoms with Crippen LogP contribution in [-0.2, 0) is 0 Å². The molecule has 0 aliphatic heterocycles. The van der Waals surface area contributed by atoms with Gasteiger partial charge in [-0.25, -0.2) is 8.78 Å². The summed E-state index contributed by atoms with van der Waals surface area (Å²) in [7, 11) is 0. The number of hydrogen-bond acceptors (Lipinski definition) is 1. The van der Waals surface area contributed by atoms with Crippen molar-refractivity contribution in [2.24, 2.45) is 0 Å². The molecule has 0 heterocycles. The van der Waals surface area contributed by atoms with Crippen molar-refractivity contribution in [3.8, 4) is 0 Å². The fourth-order valence-electron chi connectivity index (χ4n) is 0.979. The molecule has 0 amide bonds. The number of anilines is 1. The van der Waals surface area contributed by atoms with Gasteiger partial charge in [0.15, 0.2) is 0 Å². The molecule has 1 unspecified atom stereocenters. The first kappa shape index (κ1) is 10.3. The van der Waals surface area contributed by atoms with E-state index in [1.54, 1.807) is 0 Å². The maximum absolute atomic E-state index is 13.1. The molecule has 4 heteroatoms. The number of halogens is 3. The summed E-state index contributed by atoms with van der Waals surface area (Å²) in [5, 5.41) is 0.0949. The van der Waals surface area contributed by atoms with Gasteiger partial charge < -0.3 is 5.73 Å². The molecule has 0 aliphatic carbocycles. The molecule has 1 nitrogen and oxygen atoms in total. The third-order valence-electron chi connectivity index (χ3n) is 1.71. The Hall–Kier alpha value is -0.830. The highest BCUT2D eigenvalue weighted by atomic mass is 35.5. The number of nitrogens with two attached hydrogens (primary N) is 1. The Kier molecular flexibility index (Phi) is 3.09. The number of nitrogen functional groups attached to an aromatic ring is 1. The molecule has 1 aromatic rings. The van der Waals surface area contributed by atoms with Crippen LogP contribution in [0, 0.1) is 12.7 Å².